The first-order chi connectivity index (χ1) is 11.9. The molecule has 0 aliphatic carbocycles. The first kappa shape index (κ1) is 14.9. The highest BCUT2D eigenvalue weighted by Gasteiger charge is 2.18. The van der Waals surface area contributed by atoms with Crippen molar-refractivity contribution in [3.05, 3.63) is 42.2 Å². The van der Waals surface area contributed by atoms with Gasteiger partial charge in [-0.1, -0.05) is 5.21 Å². The second-order valence-electron chi connectivity index (χ2n) is 6.05. The first-order valence-electron chi connectivity index (χ1n) is 8.31. The number of H-pyrrole nitrogens is 1. The van der Waals surface area contributed by atoms with E-state index in [4.69, 9.17) is 0 Å². The van der Waals surface area contributed by atoms with E-state index >= 15 is 0 Å². The third-order valence-corrected chi connectivity index (χ3v) is 4.30. The Balaban J connectivity index is 1.37. The van der Waals surface area contributed by atoms with Crippen LogP contribution in [0.1, 0.15) is 30.3 Å². The number of nitrogens with zero attached hydrogens (tertiary/aromatic N) is 6. The Hall–Kier alpha value is -2.61. The lowest BCUT2D eigenvalue weighted by Gasteiger charge is -2.20. The number of piperidine rings is 1. The number of pyridine rings is 1. The van der Waals surface area contributed by atoms with E-state index in [-0.39, 0.29) is 0 Å². The summed E-state index contributed by atoms with van der Waals surface area (Å²) >= 11 is 0. The van der Waals surface area contributed by atoms with Gasteiger partial charge in [-0.05, 0) is 31.5 Å². The maximum atomic E-state index is 4.51. The Morgan fingerprint density at radius 3 is 3.17 bits per heavy atom. The van der Waals surface area contributed by atoms with Gasteiger partial charge in [0.1, 0.15) is 5.82 Å². The molecule has 0 saturated carbocycles. The van der Waals surface area contributed by atoms with Crippen molar-refractivity contribution in [2.24, 2.45) is 0 Å². The Bertz CT molecular complexity index is 772. The van der Waals surface area contributed by atoms with Crippen molar-refractivity contribution in [3.8, 4) is 11.4 Å². The average Bonchev–Trinajstić information content (AvgIpc) is 3.31. The Kier molecular flexibility index (Phi) is 4.28. The minimum absolute atomic E-state index is 0.481. The van der Waals surface area contributed by atoms with E-state index in [0.29, 0.717) is 11.7 Å². The topological polar surface area (TPSA) is 97.2 Å². The Labute approximate surface area is 139 Å². The summed E-state index contributed by atoms with van der Waals surface area (Å²) in [5.74, 6) is 1.99. The van der Waals surface area contributed by atoms with Crippen molar-refractivity contribution in [1.82, 2.24) is 40.5 Å². The van der Waals surface area contributed by atoms with E-state index in [2.05, 4.69) is 42.0 Å². The summed E-state index contributed by atoms with van der Waals surface area (Å²) in [7, 11) is 0. The average molecular weight is 324 g/mol. The van der Waals surface area contributed by atoms with Crippen LogP contribution in [-0.4, -0.2) is 48.2 Å². The van der Waals surface area contributed by atoms with Gasteiger partial charge in [-0.2, -0.15) is 5.10 Å². The summed E-state index contributed by atoms with van der Waals surface area (Å²) in [5.41, 5.74) is 1.99. The molecule has 1 fully saturated rings. The van der Waals surface area contributed by atoms with E-state index < -0.39 is 0 Å². The number of rotatable bonds is 5. The fourth-order valence-corrected chi connectivity index (χ4v) is 2.97. The third kappa shape index (κ3) is 3.33. The summed E-state index contributed by atoms with van der Waals surface area (Å²) in [5, 5.41) is 19.2. The normalized spacial score (nSPS) is 17.9. The largest absolute Gasteiger partial charge is 0.316 e. The molecule has 0 bridgehead atoms. The summed E-state index contributed by atoms with van der Waals surface area (Å²) in [4.78, 5) is 8.60. The molecule has 3 aromatic heterocycles. The lowest BCUT2D eigenvalue weighted by molar-refractivity contribution is 0.454. The van der Waals surface area contributed by atoms with Gasteiger partial charge in [-0.15, -0.1) is 5.10 Å². The molecule has 0 aromatic carbocycles. The predicted octanol–water partition coefficient (Wildman–Crippen LogP) is 1.17. The zero-order valence-electron chi connectivity index (χ0n) is 13.4. The molecule has 1 aliphatic heterocycles. The molecule has 0 amide bonds. The van der Waals surface area contributed by atoms with Crippen LogP contribution in [0.5, 0.6) is 0 Å². The quantitative estimate of drug-likeness (QED) is 0.731. The standard InChI is InChI=1S/C16H20N8/c1-3-12(9-17-6-1)14-11-24(23-20-14)8-5-15-19-16(22-21-15)13-4-2-7-18-10-13/h2,4,7,10-12,17H,1,3,5-6,8-9H2,(H,19,21,22). The van der Waals surface area contributed by atoms with E-state index in [9.17, 15) is 0 Å². The van der Waals surface area contributed by atoms with Gasteiger partial charge >= 0.3 is 0 Å². The van der Waals surface area contributed by atoms with E-state index in [1.807, 2.05) is 16.8 Å². The second-order valence-corrected chi connectivity index (χ2v) is 6.05. The van der Waals surface area contributed by atoms with Crippen molar-refractivity contribution in [2.45, 2.75) is 31.7 Å². The summed E-state index contributed by atoms with van der Waals surface area (Å²) < 4.78 is 1.89. The van der Waals surface area contributed by atoms with Crippen LogP contribution in [0.15, 0.2) is 30.7 Å². The molecule has 0 radical (unpaired) electrons. The van der Waals surface area contributed by atoms with Gasteiger partial charge in [0.15, 0.2) is 5.82 Å². The molecule has 8 heteroatoms. The van der Waals surface area contributed by atoms with Crippen LogP contribution < -0.4 is 5.32 Å². The van der Waals surface area contributed by atoms with Crippen LogP contribution >= 0.6 is 0 Å². The molecule has 8 nitrogen and oxygen atoms in total. The SMILES string of the molecule is c1cncc(-c2n[nH]c(CCn3cc(C4CCCNC4)nn3)n2)c1. The molecule has 4 rings (SSSR count). The number of aryl methyl sites for hydroxylation is 2. The second kappa shape index (κ2) is 6.88. The minimum atomic E-state index is 0.481. The van der Waals surface area contributed by atoms with Crippen LogP contribution in [-0.2, 0) is 13.0 Å². The molecule has 4 heterocycles. The third-order valence-electron chi connectivity index (χ3n) is 4.30. The van der Waals surface area contributed by atoms with Crippen LogP contribution in [0, 0.1) is 0 Å². The molecule has 3 aromatic rings. The summed E-state index contributed by atoms with van der Waals surface area (Å²) in [6.45, 7) is 2.83. The van der Waals surface area contributed by atoms with Gasteiger partial charge < -0.3 is 5.32 Å². The van der Waals surface area contributed by atoms with E-state index in [1.165, 1.54) is 12.8 Å². The zero-order chi connectivity index (χ0) is 16.2. The predicted molar refractivity (Wildman–Crippen MR) is 88.2 cm³/mol. The highest BCUT2D eigenvalue weighted by Crippen LogP contribution is 2.20. The van der Waals surface area contributed by atoms with Gasteiger partial charge in [0.2, 0.25) is 0 Å². The number of hydrogen-bond acceptors (Lipinski definition) is 6. The molecule has 1 aliphatic rings. The van der Waals surface area contributed by atoms with Crippen molar-refractivity contribution in [2.75, 3.05) is 13.1 Å². The van der Waals surface area contributed by atoms with Gasteiger partial charge in [0, 0.05) is 49.6 Å². The minimum Gasteiger partial charge on any atom is -0.316 e. The van der Waals surface area contributed by atoms with Crippen LogP contribution in [0.2, 0.25) is 0 Å². The van der Waals surface area contributed by atoms with Crippen molar-refractivity contribution < 1.29 is 0 Å². The van der Waals surface area contributed by atoms with Gasteiger partial charge in [0.05, 0.1) is 5.69 Å². The lowest BCUT2D eigenvalue weighted by Crippen LogP contribution is -2.28. The molecule has 2 N–H and O–H groups in total. The smallest absolute Gasteiger partial charge is 0.182 e. The molecule has 0 spiro atoms. The molecule has 1 atom stereocenters. The number of aromatic nitrogens is 7. The monoisotopic (exact) mass is 324 g/mol. The highest BCUT2D eigenvalue weighted by molar-refractivity contribution is 5.52. The van der Waals surface area contributed by atoms with Crippen LogP contribution in [0.3, 0.4) is 0 Å². The summed E-state index contributed by atoms with van der Waals surface area (Å²) in [6.07, 6.45) is 8.67. The molecular formula is C16H20N8. The summed E-state index contributed by atoms with van der Waals surface area (Å²) in [6, 6.07) is 3.82. The van der Waals surface area contributed by atoms with E-state index in [1.54, 1.807) is 12.4 Å². The van der Waals surface area contributed by atoms with Gasteiger partial charge in [-0.3, -0.25) is 14.8 Å². The fraction of sp³-hybridized carbons (Fsp3) is 0.438. The first-order valence-corrected chi connectivity index (χ1v) is 8.31. The van der Waals surface area contributed by atoms with Crippen LogP contribution in [0.25, 0.3) is 11.4 Å². The van der Waals surface area contributed by atoms with Crippen molar-refractivity contribution in [1.29, 1.82) is 0 Å². The lowest BCUT2D eigenvalue weighted by atomic mass is 9.97. The Morgan fingerprint density at radius 2 is 2.33 bits per heavy atom. The maximum Gasteiger partial charge on any atom is 0.182 e. The number of aromatic amines is 1. The van der Waals surface area contributed by atoms with Gasteiger partial charge in [-0.25, -0.2) is 4.98 Å². The Morgan fingerprint density at radius 1 is 1.33 bits per heavy atom. The molecule has 124 valence electrons. The van der Waals surface area contributed by atoms with E-state index in [0.717, 1.165) is 43.1 Å². The molecule has 1 unspecified atom stereocenters. The highest BCUT2D eigenvalue weighted by atomic mass is 15.4. The molecule has 24 heavy (non-hydrogen) atoms. The van der Waals surface area contributed by atoms with Gasteiger partial charge in [0.25, 0.3) is 0 Å². The van der Waals surface area contributed by atoms with Crippen molar-refractivity contribution in [3.63, 3.8) is 0 Å². The molecule has 1 saturated heterocycles. The zero-order valence-corrected chi connectivity index (χ0v) is 13.4. The van der Waals surface area contributed by atoms with Crippen LogP contribution in [0.4, 0.5) is 0 Å². The number of hydrogen-bond donors (Lipinski definition) is 2. The van der Waals surface area contributed by atoms with Crippen molar-refractivity contribution >= 4 is 0 Å². The maximum absolute atomic E-state index is 4.51. The number of nitrogens with one attached hydrogen (secondary N) is 2. The fourth-order valence-electron chi connectivity index (χ4n) is 2.97. The molecular weight excluding hydrogens is 304 g/mol.